The Balaban J connectivity index is 1.94. The molecule has 2 aromatic carbocycles. The van der Waals surface area contributed by atoms with E-state index in [-0.39, 0.29) is 16.6 Å². The third-order valence-corrected chi connectivity index (χ3v) is 5.23. The highest BCUT2D eigenvalue weighted by molar-refractivity contribution is 8.18. The number of amidine groups is 1. The highest BCUT2D eigenvalue weighted by Crippen LogP contribution is 2.35. The summed E-state index contributed by atoms with van der Waals surface area (Å²) in [4.78, 5) is 27.3. The lowest BCUT2D eigenvalue weighted by Crippen LogP contribution is -2.19. The molecule has 0 unspecified atom stereocenters. The van der Waals surface area contributed by atoms with E-state index in [1.165, 1.54) is 31.4 Å². The number of carbonyl (C=O) groups excluding carboxylic acids is 1. The summed E-state index contributed by atoms with van der Waals surface area (Å²) in [5.41, 5.74) is 0.721. The Kier molecular flexibility index (Phi) is 5.69. The van der Waals surface area contributed by atoms with Crippen molar-refractivity contribution < 1.29 is 14.5 Å². The first-order valence-corrected chi connectivity index (χ1v) is 9.02. The van der Waals surface area contributed by atoms with Crippen molar-refractivity contribution in [2.75, 3.05) is 7.11 Å². The van der Waals surface area contributed by atoms with Crippen LogP contribution in [-0.4, -0.2) is 23.1 Å². The third kappa shape index (κ3) is 4.24. The molecule has 1 aliphatic heterocycles. The van der Waals surface area contributed by atoms with Gasteiger partial charge in [0.15, 0.2) is 5.17 Å². The second-order valence-corrected chi connectivity index (χ2v) is 7.05. The van der Waals surface area contributed by atoms with Crippen LogP contribution >= 0.6 is 35.0 Å². The topological polar surface area (TPSA) is 93.8 Å². The average molecular weight is 424 g/mol. The Labute approximate surface area is 168 Å². The maximum atomic E-state index is 12.2. The zero-order valence-corrected chi connectivity index (χ0v) is 16.1. The van der Waals surface area contributed by atoms with Crippen molar-refractivity contribution >= 4 is 63.5 Å². The molecule has 0 saturated carbocycles. The Morgan fingerprint density at radius 3 is 2.78 bits per heavy atom. The number of amides is 1. The average Bonchev–Trinajstić information content (AvgIpc) is 2.98. The van der Waals surface area contributed by atoms with Gasteiger partial charge in [-0.25, -0.2) is 4.99 Å². The van der Waals surface area contributed by atoms with Gasteiger partial charge in [0.25, 0.3) is 11.6 Å². The van der Waals surface area contributed by atoms with Gasteiger partial charge in [0, 0.05) is 17.7 Å². The van der Waals surface area contributed by atoms with Gasteiger partial charge in [0.2, 0.25) is 0 Å². The molecule has 0 aromatic heterocycles. The molecule has 0 atom stereocenters. The molecular weight excluding hydrogens is 413 g/mol. The van der Waals surface area contributed by atoms with Gasteiger partial charge in [-0.2, -0.15) is 0 Å². The minimum Gasteiger partial charge on any atom is -0.496 e. The van der Waals surface area contributed by atoms with Crippen molar-refractivity contribution in [3.8, 4) is 5.75 Å². The predicted octanol–water partition coefficient (Wildman–Crippen LogP) is 4.80. The van der Waals surface area contributed by atoms with Crippen molar-refractivity contribution in [1.82, 2.24) is 5.32 Å². The molecule has 0 radical (unpaired) electrons. The van der Waals surface area contributed by atoms with E-state index in [1.54, 1.807) is 18.2 Å². The van der Waals surface area contributed by atoms with Crippen LogP contribution in [0.1, 0.15) is 5.56 Å². The van der Waals surface area contributed by atoms with Gasteiger partial charge < -0.3 is 10.1 Å². The molecule has 10 heteroatoms. The largest absolute Gasteiger partial charge is 0.496 e. The summed E-state index contributed by atoms with van der Waals surface area (Å²) in [7, 11) is 1.44. The van der Waals surface area contributed by atoms with Crippen LogP contribution in [-0.2, 0) is 4.79 Å². The first kappa shape index (κ1) is 19.2. The van der Waals surface area contributed by atoms with Crippen molar-refractivity contribution in [2.45, 2.75) is 0 Å². The molecule has 0 aliphatic carbocycles. The minimum atomic E-state index is -0.517. The lowest BCUT2D eigenvalue weighted by atomic mass is 10.1. The number of non-ortho nitro benzene ring substituents is 1. The van der Waals surface area contributed by atoms with Crippen molar-refractivity contribution in [3.05, 3.63) is 67.0 Å². The van der Waals surface area contributed by atoms with Gasteiger partial charge in [0.1, 0.15) is 5.75 Å². The van der Waals surface area contributed by atoms with E-state index < -0.39 is 4.92 Å². The number of ether oxygens (including phenoxy) is 1. The number of hydrogen-bond acceptors (Lipinski definition) is 6. The van der Waals surface area contributed by atoms with Crippen LogP contribution in [0.15, 0.2) is 46.3 Å². The standard InChI is InChI=1S/C17H11Cl2N3O4S/c1-26-13-6-5-10(22(24)25)7-9(13)8-14-16(23)21-17(27-14)20-12-4-2-3-11(18)15(12)19/h2-8H,1H3,(H,20,21,23)/b14-8+. The SMILES string of the molecule is COc1ccc([N+](=O)[O-])cc1/C=C1/SC(=Nc2cccc(Cl)c2Cl)NC1=O. The summed E-state index contributed by atoms with van der Waals surface area (Å²) in [5, 5.41) is 14.6. The molecule has 138 valence electrons. The zero-order valence-electron chi connectivity index (χ0n) is 13.7. The molecule has 7 nitrogen and oxygen atoms in total. The molecule has 1 saturated heterocycles. The minimum absolute atomic E-state index is 0.106. The molecule has 1 aliphatic rings. The monoisotopic (exact) mass is 423 g/mol. The number of rotatable bonds is 4. The number of nitro benzene ring substituents is 1. The van der Waals surface area contributed by atoms with Crippen LogP contribution in [0, 0.1) is 10.1 Å². The number of thioether (sulfide) groups is 1. The van der Waals surface area contributed by atoms with Crippen molar-refractivity contribution in [1.29, 1.82) is 0 Å². The molecule has 3 rings (SSSR count). The lowest BCUT2D eigenvalue weighted by molar-refractivity contribution is -0.384. The van der Waals surface area contributed by atoms with Crippen LogP contribution < -0.4 is 10.1 Å². The molecule has 1 fully saturated rings. The number of aliphatic imine (C=N–C) groups is 1. The fraction of sp³-hybridized carbons (Fsp3) is 0.0588. The van der Waals surface area contributed by atoms with Crippen LogP contribution in [0.25, 0.3) is 6.08 Å². The zero-order chi connectivity index (χ0) is 19.6. The van der Waals surface area contributed by atoms with E-state index in [0.717, 1.165) is 11.8 Å². The summed E-state index contributed by atoms with van der Waals surface area (Å²) < 4.78 is 5.21. The number of benzene rings is 2. The molecule has 0 spiro atoms. The van der Waals surface area contributed by atoms with Crippen LogP contribution in [0.5, 0.6) is 5.75 Å². The second kappa shape index (κ2) is 7.99. The maximum Gasteiger partial charge on any atom is 0.270 e. The molecular formula is C17H11Cl2N3O4S. The van der Waals surface area contributed by atoms with Gasteiger partial charge in [-0.1, -0.05) is 29.3 Å². The predicted molar refractivity (Wildman–Crippen MR) is 107 cm³/mol. The Morgan fingerprint density at radius 2 is 2.07 bits per heavy atom. The fourth-order valence-corrected chi connectivity index (χ4v) is 3.42. The number of nitrogens with zero attached hydrogens (tertiary/aromatic N) is 2. The molecule has 1 amide bonds. The van der Waals surface area contributed by atoms with Crippen molar-refractivity contribution in [2.24, 2.45) is 4.99 Å². The van der Waals surface area contributed by atoms with Crippen LogP contribution in [0.2, 0.25) is 10.0 Å². The molecule has 2 aromatic rings. The lowest BCUT2D eigenvalue weighted by Gasteiger charge is -2.04. The number of hydrogen-bond donors (Lipinski definition) is 1. The third-order valence-electron chi connectivity index (χ3n) is 3.51. The second-order valence-electron chi connectivity index (χ2n) is 5.24. The summed E-state index contributed by atoms with van der Waals surface area (Å²) in [6.45, 7) is 0. The number of halogens is 2. The summed E-state index contributed by atoms with van der Waals surface area (Å²) in [6, 6.07) is 9.13. The first-order valence-electron chi connectivity index (χ1n) is 7.45. The van der Waals surface area contributed by atoms with E-state index in [9.17, 15) is 14.9 Å². The normalized spacial score (nSPS) is 16.6. The smallest absolute Gasteiger partial charge is 0.270 e. The molecule has 0 bridgehead atoms. The number of nitro groups is 1. The Bertz CT molecular complexity index is 1010. The highest BCUT2D eigenvalue weighted by atomic mass is 35.5. The van der Waals surface area contributed by atoms with E-state index >= 15 is 0 Å². The number of carbonyl (C=O) groups is 1. The van der Waals surface area contributed by atoms with Gasteiger partial charge >= 0.3 is 0 Å². The van der Waals surface area contributed by atoms with Gasteiger partial charge in [-0.15, -0.1) is 0 Å². The Hall–Kier alpha value is -2.55. The number of nitrogens with one attached hydrogen (secondary N) is 1. The molecule has 1 N–H and O–H groups in total. The van der Waals surface area contributed by atoms with Crippen LogP contribution in [0.3, 0.4) is 0 Å². The maximum absolute atomic E-state index is 12.2. The van der Waals surface area contributed by atoms with E-state index in [1.807, 2.05) is 0 Å². The number of methoxy groups -OCH3 is 1. The first-order chi connectivity index (χ1) is 12.9. The van der Waals surface area contributed by atoms with Gasteiger partial charge in [-0.05, 0) is 36.0 Å². The Morgan fingerprint density at radius 1 is 1.30 bits per heavy atom. The summed E-state index contributed by atoms with van der Waals surface area (Å²) in [5.74, 6) is 0.0234. The highest BCUT2D eigenvalue weighted by Gasteiger charge is 2.25. The van der Waals surface area contributed by atoms with Crippen molar-refractivity contribution in [3.63, 3.8) is 0 Å². The van der Waals surface area contributed by atoms with Crippen LogP contribution in [0.4, 0.5) is 11.4 Å². The van der Waals surface area contributed by atoms with E-state index in [0.29, 0.717) is 32.1 Å². The van der Waals surface area contributed by atoms with E-state index in [2.05, 4.69) is 10.3 Å². The van der Waals surface area contributed by atoms with Gasteiger partial charge in [-0.3, -0.25) is 14.9 Å². The molecule has 27 heavy (non-hydrogen) atoms. The quantitative estimate of drug-likeness (QED) is 0.432. The molecule has 1 heterocycles. The fourth-order valence-electron chi connectivity index (χ4n) is 2.26. The summed E-state index contributed by atoms with van der Waals surface area (Å²) in [6.07, 6.45) is 1.51. The van der Waals surface area contributed by atoms with Gasteiger partial charge in [0.05, 0.1) is 32.7 Å². The van der Waals surface area contributed by atoms with E-state index in [4.69, 9.17) is 27.9 Å². The summed E-state index contributed by atoms with van der Waals surface area (Å²) >= 11 is 13.1.